The smallest absolute Gasteiger partial charge is 0.416 e. The first-order chi connectivity index (χ1) is 10.8. The molecule has 0 saturated heterocycles. The average Bonchev–Trinajstić information content (AvgIpc) is 2.51. The minimum Gasteiger partial charge on any atom is -0.449 e. The van der Waals surface area contributed by atoms with E-state index in [1.165, 1.54) is 11.0 Å². The van der Waals surface area contributed by atoms with E-state index in [0.717, 1.165) is 12.1 Å². The first kappa shape index (κ1) is 17.1. The number of hydrogen-bond acceptors (Lipinski definition) is 4. The van der Waals surface area contributed by atoms with Gasteiger partial charge in [0.05, 0.1) is 23.6 Å². The summed E-state index contributed by atoms with van der Waals surface area (Å²) in [6.07, 6.45) is -4.19. The molecular weight excluding hydrogens is 311 g/mol. The molecule has 8 heteroatoms. The van der Waals surface area contributed by atoms with Crippen LogP contribution in [0.3, 0.4) is 0 Å². The summed E-state index contributed by atoms with van der Waals surface area (Å²) in [6, 6.07) is 2.92. The molecule has 2 rings (SSSR count). The number of nitrogens with zero attached hydrogens (tertiary/aromatic N) is 2. The van der Waals surface area contributed by atoms with Gasteiger partial charge < -0.3 is 10.6 Å². The predicted octanol–water partition coefficient (Wildman–Crippen LogP) is 3.51. The summed E-state index contributed by atoms with van der Waals surface area (Å²) in [6.45, 7) is 3.73. The maximum absolute atomic E-state index is 12.9. The molecule has 0 fully saturated rings. The van der Waals surface area contributed by atoms with Crippen molar-refractivity contribution in [2.24, 2.45) is 10.9 Å². The van der Waals surface area contributed by atoms with Gasteiger partial charge in [0.15, 0.2) is 0 Å². The number of amides is 1. The molecule has 1 aromatic carbocycles. The zero-order chi connectivity index (χ0) is 17.2. The topological polar surface area (TPSA) is 67.9 Å². The second-order valence-electron chi connectivity index (χ2n) is 5.14. The van der Waals surface area contributed by atoms with E-state index in [-0.39, 0.29) is 24.6 Å². The van der Waals surface area contributed by atoms with E-state index in [1.54, 1.807) is 6.92 Å². The maximum Gasteiger partial charge on any atom is 0.416 e. The first-order valence-electron chi connectivity index (χ1n) is 7.27. The van der Waals surface area contributed by atoms with Crippen LogP contribution in [0.4, 0.5) is 23.7 Å². The molecule has 126 valence electrons. The molecule has 23 heavy (non-hydrogen) atoms. The van der Waals surface area contributed by atoms with Crippen LogP contribution in [0.5, 0.6) is 0 Å². The molecule has 5 nitrogen and oxygen atoms in total. The van der Waals surface area contributed by atoms with Gasteiger partial charge in [-0.15, -0.1) is 0 Å². The number of ether oxygens (including phenoxy) is 1. The molecule has 0 bridgehead atoms. The van der Waals surface area contributed by atoms with Crippen molar-refractivity contribution in [2.45, 2.75) is 38.9 Å². The third-order valence-electron chi connectivity index (χ3n) is 3.78. The summed E-state index contributed by atoms with van der Waals surface area (Å²) >= 11 is 0. The normalized spacial score (nSPS) is 19.6. The lowest BCUT2D eigenvalue weighted by Crippen LogP contribution is -2.46. The third kappa shape index (κ3) is 3.25. The van der Waals surface area contributed by atoms with E-state index in [1.807, 2.05) is 6.92 Å². The van der Waals surface area contributed by atoms with Gasteiger partial charge >= 0.3 is 12.3 Å². The largest absolute Gasteiger partial charge is 0.449 e. The van der Waals surface area contributed by atoms with Crippen molar-refractivity contribution >= 4 is 17.5 Å². The number of hydrogen-bond donors (Lipinski definition) is 1. The van der Waals surface area contributed by atoms with Crippen LogP contribution in [0, 0.1) is 0 Å². The van der Waals surface area contributed by atoms with Crippen LogP contribution in [-0.2, 0) is 10.9 Å². The Balaban J connectivity index is 2.58. The zero-order valence-electron chi connectivity index (χ0n) is 12.9. The molecule has 0 radical (unpaired) electrons. The lowest BCUT2D eigenvalue weighted by Gasteiger charge is -2.36. The van der Waals surface area contributed by atoms with Crippen molar-refractivity contribution in [3.05, 3.63) is 29.3 Å². The quantitative estimate of drug-likeness (QED) is 0.667. The summed E-state index contributed by atoms with van der Waals surface area (Å²) < 4.78 is 43.8. The SMILES string of the molecule is CCOC(=O)N1c2ccc(C(F)(F)F)cc2/C(=N\N)C[C@H]1CC. The molecule has 1 aliphatic heterocycles. The molecule has 1 heterocycles. The third-order valence-corrected chi connectivity index (χ3v) is 3.78. The van der Waals surface area contributed by atoms with Gasteiger partial charge in [0.2, 0.25) is 0 Å². The molecule has 1 amide bonds. The summed E-state index contributed by atoms with van der Waals surface area (Å²) in [5.41, 5.74) is 0.0773. The van der Waals surface area contributed by atoms with Crippen molar-refractivity contribution in [1.29, 1.82) is 0 Å². The monoisotopic (exact) mass is 329 g/mol. The Bertz CT molecular complexity index is 629. The molecule has 0 aliphatic carbocycles. The second-order valence-corrected chi connectivity index (χ2v) is 5.14. The van der Waals surface area contributed by atoms with E-state index in [2.05, 4.69) is 5.10 Å². The van der Waals surface area contributed by atoms with Gasteiger partial charge in [-0.1, -0.05) is 6.92 Å². The Morgan fingerprint density at radius 2 is 2.13 bits per heavy atom. The average molecular weight is 329 g/mol. The highest BCUT2D eigenvalue weighted by molar-refractivity contribution is 6.11. The van der Waals surface area contributed by atoms with Crippen LogP contribution < -0.4 is 10.7 Å². The number of benzene rings is 1. The van der Waals surface area contributed by atoms with E-state index >= 15 is 0 Å². The van der Waals surface area contributed by atoms with E-state index in [0.29, 0.717) is 17.8 Å². The number of rotatable bonds is 2. The standard InChI is InChI=1S/C15H18F3N3O2/c1-3-10-8-12(20-19)11-7-9(15(16,17)18)5-6-13(11)21(10)14(22)23-4-2/h5-7,10H,3-4,8,19H2,1-2H3/b20-12-/t10-/m1/s1. The van der Waals surface area contributed by atoms with E-state index in [9.17, 15) is 18.0 Å². The number of anilines is 1. The lowest BCUT2D eigenvalue weighted by molar-refractivity contribution is -0.137. The minimum atomic E-state index is -4.48. The van der Waals surface area contributed by atoms with Crippen LogP contribution in [0.1, 0.15) is 37.8 Å². The molecule has 2 N–H and O–H groups in total. The number of carbonyl (C=O) groups excluding carboxylic acids is 1. The van der Waals surface area contributed by atoms with Gasteiger partial charge in [-0.3, -0.25) is 4.90 Å². The van der Waals surface area contributed by atoms with Gasteiger partial charge in [-0.2, -0.15) is 18.3 Å². The number of alkyl halides is 3. The number of halogens is 3. The minimum absolute atomic E-state index is 0.180. The van der Waals surface area contributed by atoms with Gasteiger partial charge in [0, 0.05) is 18.0 Å². The van der Waals surface area contributed by atoms with Crippen LogP contribution in [0.15, 0.2) is 23.3 Å². The summed E-state index contributed by atoms with van der Waals surface area (Å²) in [7, 11) is 0. The van der Waals surface area contributed by atoms with Gasteiger partial charge in [-0.25, -0.2) is 4.79 Å². The van der Waals surface area contributed by atoms with Crippen molar-refractivity contribution in [3.63, 3.8) is 0 Å². The molecule has 1 atom stereocenters. The summed E-state index contributed by atoms with van der Waals surface area (Å²) in [5, 5.41) is 3.62. The molecule has 1 aliphatic rings. The predicted molar refractivity (Wildman–Crippen MR) is 80.4 cm³/mol. The van der Waals surface area contributed by atoms with E-state index in [4.69, 9.17) is 10.6 Å². The van der Waals surface area contributed by atoms with Crippen molar-refractivity contribution < 1.29 is 22.7 Å². The molecule has 0 aromatic heterocycles. The lowest BCUT2D eigenvalue weighted by atomic mass is 9.91. The Kier molecular flexibility index (Phi) is 4.82. The number of fused-ring (bicyclic) bond motifs is 1. The highest BCUT2D eigenvalue weighted by Gasteiger charge is 2.37. The van der Waals surface area contributed by atoms with E-state index < -0.39 is 17.8 Å². The Morgan fingerprint density at radius 1 is 1.43 bits per heavy atom. The van der Waals surface area contributed by atoms with Crippen LogP contribution in [-0.4, -0.2) is 24.5 Å². The van der Waals surface area contributed by atoms with Gasteiger partial charge in [-0.05, 0) is 31.5 Å². The Hall–Kier alpha value is -2.25. The Morgan fingerprint density at radius 3 is 2.65 bits per heavy atom. The van der Waals surface area contributed by atoms with Crippen molar-refractivity contribution in [3.8, 4) is 0 Å². The van der Waals surface area contributed by atoms with Crippen LogP contribution in [0.25, 0.3) is 0 Å². The van der Waals surface area contributed by atoms with Crippen molar-refractivity contribution in [2.75, 3.05) is 11.5 Å². The van der Waals surface area contributed by atoms with Gasteiger partial charge in [0.25, 0.3) is 0 Å². The fourth-order valence-corrected chi connectivity index (χ4v) is 2.66. The first-order valence-corrected chi connectivity index (χ1v) is 7.27. The molecule has 0 unspecified atom stereocenters. The Labute approximate surface area is 131 Å². The summed E-state index contributed by atoms with van der Waals surface area (Å²) in [4.78, 5) is 13.6. The zero-order valence-corrected chi connectivity index (χ0v) is 12.9. The molecule has 1 aromatic rings. The second kappa shape index (κ2) is 6.47. The number of nitrogens with two attached hydrogens (primary N) is 1. The number of hydrazone groups is 1. The maximum atomic E-state index is 12.9. The summed E-state index contributed by atoms with van der Waals surface area (Å²) in [5.74, 6) is 5.35. The highest BCUT2D eigenvalue weighted by Crippen LogP contribution is 2.37. The number of carbonyl (C=O) groups is 1. The van der Waals surface area contributed by atoms with Crippen LogP contribution in [0.2, 0.25) is 0 Å². The fraction of sp³-hybridized carbons (Fsp3) is 0.467. The fourth-order valence-electron chi connectivity index (χ4n) is 2.66. The molecule has 0 spiro atoms. The van der Waals surface area contributed by atoms with Crippen molar-refractivity contribution in [1.82, 2.24) is 0 Å². The van der Waals surface area contributed by atoms with Crippen LogP contribution >= 0.6 is 0 Å². The van der Waals surface area contributed by atoms with Gasteiger partial charge in [0.1, 0.15) is 0 Å². The molecule has 0 saturated carbocycles. The molecular formula is C15H18F3N3O2. The highest BCUT2D eigenvalue weighted by atomic mass is 19.4.